The monoisotopic (exact) mass is 834 g/mol. The van der Waals surface area contributed by atoms with E-state index in [-0.39, 0.29) is 41.8 Å². The van der Waals surface area contributed by atoms with Crippen molar-refractivity contribution in [1.82, 2.24) is 40.4 Å². The predicted molar refractivity (Wildman–Crippen MR) is 227 cm³/mol. The number of imidazole rings is 2. The van der Waals surface area contributed by atoms with Gasteiger partial charge in [-0.2, -0.15) is 0 Å². The van der Waals surface area contributed by atoms with E-state index >= 15 is 0 Å². The number of benzene rings is 3. The summed E-state index contributed by atoms with van der Waals surface area (Å²) in [7, 11) is 2.57. The molecule has 5 atom stereocenters. The fourth-order valence-electron chi connectivity index (χ4n) is 9.02. The number of methoxy groups -OCH3 is 2. The van der Waals surface area contributed by atoms with E-state index in [4.69, 9.17) is 28.9 Å². The van der Waals surface area contributed by atoms with E-state index in [0.717, 1.165) is 68.3 Å². The maximum absolute atomic E-state index is 14.0. The summed E-state index contributed by atoms with van der Waals surface area (Å²) in [5.41, 5.74) is 6.49. The lowest BCUT2D eigenvalue weighted by molar-refractivity contribution is -0.136. The summed E-state index contributed by atoms with van der Waals surface area (Å²) in [5.74, 6) is 1.46. The van der Waals surface area contributed by atoms with Crippen molar-refractivity contribution in [3.63, 3.8) is 0 Å². The van der Waals surface area contributed by atoms with E-state index < -0.39 is 24.3 Å². The molecule has 61 heavy (non-hydrogen) atoms. The summed E-state index contributed by atoms with van der Waals surface area (Å²) in [5, 5.41) is 7.38. The van der Waals surface area contributed by atoms with Crippen molar-refractivity contribution in [2.24, 2.45) is 11.8 Å². The van der Waals surface area contributed by atoms with Crippen LogP contribution >= 0.6 is 0 Å². The first kappa shape index (κ1) is 41.6. The first-order valence-corrected chi connectivity index (χ1v) is 21.1. The number of fused-ring (bicyclic) bond motifs is 6. The molecule has 3 aliphatic rings. The van der Waals surface area contributed by atoms with Crippen LogP contribution in [-0.2, 0) is 30.4 Å². The Hall–Kier alpha value is -6.16. The highest BCUT2D eigenvalue weighted by Gasteiger charge is 2.42. The minimum Gasteiger partial charge on any atom is -0.488 e. The van der Waals surface area contributed by atoms with E-state index in [0.29, 0.717) is 44.4 Å². The van der Waals surface area contributed by atoms with Gasteiger partial charge < -0.3 is 49.3 Å². The zero-order valence-corrected chi connectivity index (χ0v) is 35.7. The summed E-state index contributed by atoms with van der Waals surface area (Å²) in [6, 6.07) is 12.4. The van der Waals surface area contributed by atoms with Crippen LogP contribution in [0.2, 0.25) is 0 Å². The lowest BCUT2D eigenvalue weighted by atomic mass is 9.92. The summed E-state index contributed by atoms with van der Waals surface area (Å²) < 4.78 is 22.0. The average Bonchev–Trinajstić information content (AvgIpc) is 4.09. The molecule has 0 bridgehead atoms. The largest absolute Gasteiger partial charge is 0.488 e. The molecular weight excluding hydrogens is 781 g/mol. The summed E-state index contributed by atoms with van der Waals surface area (Å²) in [6.45, 7) is 11.4. The number of hydrogen-bond donors (Lipinski definition) is 4. The molecule has 5 heterocycles. The Morgan fingerprint density at radius 2 is 1.59 bits per heavy atom. The van der Waals surface area contributed by atoms with Crippen LogP contribution in [0.3, 0.4) is 0 Å². The first-order valence-electron chi connectivity index (χ1n) is 21.1. The summed E-state index contributed by atoms with van der Waals surface area (Å²) >= 11 is 0. The molecular formula is C45H54N8O8. The van der Waals surface area contributed by atoms with E-state index in [9.17, 15) is 19.2 Å². The standard InChI is InChI=1S/C45H54N8O8/c1-8-60-28-18-35(53(21-28)43(55)38(24(4)5)51-45(57)59-7)41-47-32-14-12-25-17-31-29-13-11-26(16-27(29)22-61-36(31)19-30(25)39(32)49-41)33-20-46-40(48-33)34-10-9-15-52(34)42(54)37(23(2)3)50-44(56)58-6/h11-14,16-17,19-20,23-24,28,34-35,37-38H,8-10,15,18,21-22H2,1-7H3,(H,46,48)(H,47,49)(H,50,56)(H,51,57)/t28-,34-,35-,37-,38-/m0/s1. The van der Waals surface area contributed by atoms with Gasteiger partial charge in [-0.1, -0.05) is 45.9 Å². The van der Waals surface area contributed by atoms with E-state index in [1.54, 1.807) is 16.0 Å². The number of carbonyl (C=O) groups is 4. The van der Waals surface area contributed by atoms with E-state index in [2.05, 4.69) is 57.0 Å². The van der Waals surface area contributed by atoms with E-state index in [1.807, 2.05) is 40.7 Å². The quantitative estimate of drug-likeness (QED) is 0.110. The third-order valence-electron chi connectivity index (χ3n) is 12.2. The van der Waals surface area contributed by atoms with Gasteiger partial charge in [-0.15, -0.1) is 0 Å². The molecule has 2 aromatic heterocycles. The lowest BCUT2D eigenvalue weighted by Gasteiger charge is -2.30. The Morgan fingerprint density at radius 3 is 2.28 bits per heavy atom. The van der Waals surface area contributed by atoms with Crippen LogP contribution in [0.25, 0.3) is 44.2 Å². The van der Waals surface area contributed by atoms with Gasteiger partial charge in [-0.05, 0) is 77.9 Å². The van der Waals surface area contributed by atoms with Gasteiger partial charge in [0.2, 0.25) is 11.8 Å². The number of nitrogens with zero attached hydrogens (tertiary/aromatic N) is 4. The number of amides is 4. The predicted octanol–water partition coefficient (Wildman–Crippen LogP) is 6.77. The topological polar surface area (TPSA) is 193 Å². The van der Waals surface area contributed by atoms with Gasteiger partial charge in [0.1, 0.15) is 36.1 Å². The van der Waals surface area contributed by atoms with Gasteiger partial charge in [0.05, 0.1) is 55.3 Å². The number of alkyl carbamates (subject to hydrolysis) is 2. The molecule has 5 aromatic rings. The molecule has 16 heteroatoms. The highest BCUT2D eigenvalue weighted by atomic mass is 16.5. The second-order valence-electron chi connectivity index (χ2n) is 16.7. The Kier molecular flexibility index (Phi) is 11.6. The number of aromatic amines is 2. The molecule has 0 spiro atoms. The summed E-state index contributed by atoms with van der Waals surface area (Å²) in [6.07, 6.45) is 2.49. The van der Waals surface area contributed by atoms with Crippen molar-refractivity contribution < 1.29 is 38.1 Å². The molecule has 4 amide bonds. The lowest BCUT2D eigenvalue weighted by Crippen LogP contribution is -2.51. The fourth-order valence-corrected chi connectivity index (χ4v) is 9.02. The smallest absolute Gasteiger partial charge is 0.407 e. The highest BCUT2D eigenvalue weighted by molar-refractivity contribution is 6.07. The van der Waals surface area contributed by atoms with Gasteiger partial charge in [0.15, 0.2) is 0 Å². The minimum atomic E-state index is -0.776. The molecule has 0 saturated carbocycles. The zero-order valence-electron chi connectivity index (χ0n) is 35.7. The van der Waals surface area contributed by atoms with Gasteiger partial charge in [0.25, 0.3) is 0 Å². The Bertz CT molecular complexity index is 2480. The normalized spacial score (nSPS) is 19.5. The van der Waals surface area contributed by atoms with Crippen molar-refractivity contribution >= 4 is 45.8 Å². The SMILES string of the molecule is CCO[C@H]1C[C@@H](c2nc3ccc4cc5c(cc4c3[nH]2)OCc2cc(-c3cnc([C@@H]4CCCN4C(=O)[C@@H](NC(=O)OC)C(C)C)[nH]3)ccc2-5)N(C(=O)[C@@H](NC(=O)OC)C(C)C)C1. The molecule has 322 valence electrons. The maximum Gasteiger partial charge on any atom is 0.407 e. The second-order valence-corrected chi connectivity index (χ2v) is 16.7. The number of aromatic nitrogens is 4. The van der Waals surface area contributed by atoms with Gasteiger partial charge >= 0.3 is 12.2 Å². The highest BCUT2D eigenvalue weighted by Crippen LogP contribution is 2.43. The maximum atomic E-state index is 14.0. The van der Waals surface area contributed by atoms with Gasteiger partial charge in [0, 0.05) is 37.1 Å². The Balaban J connectivity index is 1.05. The average molecular weight is 835 g/mol. The molecule has 0 aliphatic carbocycles. The molecule has 4 N–H and O–H groups in total. The van der Waals surface area contributed by atoms with Gasteiger partial charge in [-0.3, -0.25) is 9.59 Å². The molecule has 0 unspecified atom stereocenters. The van der Waals surface area contributed by atoms with Gasteiger partial charge in [-0.25, -0.2) is 19.6 Å². The van der Waals surface area contributed by atoms with Crippen LogP contribution < -0.4 is 15.4 Å². The number of likely N-dealkylation sites (tertiary alicyclic amines) is 2. The Morgan fingerprint density at radius 1 is 0.869 bits per heavy atom. The summed E-state index contributed by atoms with van der Waals surface area (Å²) in [4.78, 5) is 72.3. The molecule has 8 rings (SSSR count). The second kappa shape index (κ2) is 17.1. The third kappa shape index (κ3) is 7.96. The molecule has 3 aliphatic heterocycles. The first-order chi connectivity index (χ1) is 29.4. The third-order valence-corrected chi connectivity index (χ3v) is 12.2. The van der Waals surface area contributed by atoms with Crippen LogP contribution in [0.15, 0.2) is 48.7 Å². The number of carbonyl (C=O) groups excluding carboxylic acids is 4. The van der Waals surface area contributed by atoms with Crippen molar-refractivity contribution in [3.8, 4) is 28.1 Å². The molecule has 2 fully saturated rings. The number of ether oxygens (including phenoxy) is 4. The zero-order chi connectivity index (χ0) is 43.1. The minimum absolute atomic E-state index is 0.121. The van der Waals surface area contributed by atoms with Crippen LogP contribution in [0.4, 0.5) is 9.59 Å². The van der Waals surface area contributed by atoms with Crippen molar-refractivity contribution in [2.75, 3.05) is 33.9 Å². The molecule has 3 aromatic carbocycles. The number of nitrogens with one attached hydrogen (secondary N) is 4. The molecule has 0 radical (unpaired) electrons. The van der Waals surface area contributed by atoms with Crippen molar-refractivity contribution in [3.05, 3.63) is 65.9 Å². The van der Waals surface area contributed by atoms with Crippen LogP contribution in [0.1, 0.15) is 83.2 Å². The number of H-pyrrole nitrogens is 2. The molecule has 2 saturated heterocycles. The number of rotatable bonds is 11. The fraction of sp³-hybridized carbons (Fsp3) is 0.467. The van der Waals surface area contributed by atoms with E-state index in [1.165, 1.54) is 14.2 Å². The molecule has 16 nitrogen and oxygen atoms in total. The Labute approximate surface area is 354 Å². The van der Waals surface area contributed by atoms with Crippen LogP contribution in [0, 0.1) is 11.8 Å². The van der Waals surface area contributed by atoms with Crippen molar-refractivity contribution in [1.29, 1.82) is 0 Å². The van der Waals surface area contributed by atoms with Crippen LogP contribution in [0.5, 0.6) is 5.75 Å². The van der Waals surface area contributed by atoms with Crippen molar-refractivity contribution in [2.45, 2.75) is 90.8 Å². The number of hydrogen-bond acceptors (Lipinski definition) is 10. The van der Waals surface area contributed by atoms with Crippen LogP contribution in [-0.4, -0.2) is 106 Å².